The number of hydrogen-bond acceptors (Lipinski definition) is 7. The minimum absolute atomic E-state index is 0.0255. The summed E-state index contributed by atoms with van der Waals surface area (Å²) in [5.74, 6) is 0.00367. The topological polar surface area (TPSA) is 117 Å². The van der Waals surface area contributed by atoms with Gasteiger partial charge in [0.1, 0.15) is 11.4 Å². The summed E-state index contributed by atoms with van der Waals surface area (Å²) in [5, 5.41) is 5.66. The van der Waals surface area contributed by atoms with E-state index in [-0.39, 0.29) is 36.7 Å². The fourth-order valence-electron chi connectivity index (χ4n) is 5.51. The van der Waals surface area contributed by atoms with Crippen molar-refractivity contribution < 1.29 is 31.5 Å². The number of carbonyl (C=O) groups excluding carboxylic acids is 2. The van der Waals surface area contributed by atoms with Crippen LogP contribution in [0.15, 0.2) is 35.5 Å². The molecular formula is C26H34F2N4O5S. The van der Waals surface area contributed by atoms with Gasteiger partial charge in [-0.05, 0) is 75.1 Å². The van der Waals surface area contributed by atoms with Gasteiger partial charge in [0.15, 0.2) is 0 Å². The third-order valence-electron chi connectivity index (χ3n) is 7.88. The number of rotatable bonds is 8. The molecule has 9 nitrogen and oxygen atoms in total. The molecule has 1 aliphatic carbocycles. The molecule has 1 spiro atoms. The van der Waals surface area contributed by atoms with Gasteiger partial charge in [0.25, 0.3) is 12.0 Å². The third-order valence-corrected chi connectivity index (χ3v) is 9.75. The monoisotopic (exact) mass is 552 g/mol. The third kappa shape index (κ3) is 6.23. The van der Waals surface area contributed by atoms with E-state index >= 15 is 0 Å². The summed E-state index contributed by atoms with van der Waals surface area (Å²) in [4.78, 5) is 29.4. The van der Waals surface area contributed by atoms with E-state index in [2.05, 4.69) is 10.6 Å². The molecule has 0 bridgehead atoms. The highest BCUT2D eigenvalue weighted by molar-refractivity contribution is 7.89. The predicted molar refractivity (Wildman–Crippen MR) is 138 cm³/mol. The number of methoxy groups -OCH3 is 1. The summed E-state index contributed by atoms with van der Waals surface area (Å²) in [6.07, 6.45) is 2.78. The van der Waals surface area contributed by atoms with Gasteiger partial charge < -0.3 is 15.4 Å². The van der Waals surface area contributed by atoms with Crippen molar-refractivity contribution in [2.75, 3.05) is 26.0 Å². The van der Waals surface area contributed by atoms with E-state index in [9.17, 15) is 26.8 Å². The van der Waals surface area contributed by atoms with Crippen LogP contribution in [-0.4, -0.2) is 68.0 Å². The summed E-state index contributed by atoms with van der Waals surface area (Å²) in [6.45, 7) is 2.26. The molecule has 2 N–H and O–H groups in total. The Labute approximate surface area is 221 Å². The maximum atomic E-state index is 13.1. The van der Waals surface area contributed by atoms with Crippen molar-refractivity contribution in [3.8, 4) is 0 Å². The van der Waals surface area contributed by atoms with Crippen molar-refractivity contribution >= 4 is 27.7 Å². The number of benzene rings is 1. The first-order valence-corrected chi connectivity index (χ1v) is 14.5. The van der Waals surface area contributed by atoms with Gasteiger partial charge >= 0.3 is 5.97 Å². The Kier molecular flexibility index (Phi) is 8.51. The van der Waals surface area contributed by atoms with Crippen LogP contribution < -0.4 is 10.6 Å². The number of sulfonamides is 1. The number of nitrogens with zero attached hydrogens (tertiary/aromatic N) is 2. The minimum atomic E-state index is -3.55. The minimum Gasteiger partial charge on any atom is -0.465 e. The number of halogens is 2. The fraction of sp³-hybridized carbons (Fsp3) is 0.577. The second kappa shape index (κ2) is 11.5. The zero-order valence-corrected chi connectivity index (χ0v) is 22.5. The lowest BCUT2D eigenvalue weighted by molar-refractivity contribution is -0.125. The molecule has 1 saturated heterocycles. The highest BCUT2D eigenvalue weighted by Gasteiger charge is 2.48. The van der Waals surface area contributed by atoms with Gasteiger partial charge in [-0.15, -0.1) is 0 Å². The van der Waals surface area contributed by atoms with E-state index in [0.717, 1.165) is 30.2 Å². The normalized spacial score (nSPS) is 23.5. The first kappa shape index (κ1) is 28.2. The van der Waals surface area contributed by atoms with Crippen LogP contribution in [-0.2, 0) is 26.0 Å². The SMILES string of the molecule is COC(=O)c1ccc(CCS(=O)(=O)N2CCC3(CC2)N=C(C2CCC(NC=C(F)F)CC2)NC3=O)c(C)c1. The average Bonchev–Trinajstić information content (AvgIpc) is 3.21. The number of amidine groups is 1. The number of esters is 1. The van der Waals surface area contributed by atoms with Crippen LogP contribution in [0, 0.1) is 12.8 Å². The largest absolute Gasteiger partial charge is 0.465 e. The van der Waals surface area contributed by atoms with E-state index in [1.807, 2.05) is 6.92 Å². The van der Waals surface area contributed by atoms with Crippen LogP contribution in [0.3, 0.4) is 0 Å². The molecule has 2 fully saturated rings. The molecule has 1 aromatic carbocycles. The molecule has 12 heteroatoms. The van der Waals surface area contributed by atoms with Gasteiger partial charge in [-0.3, -0.25) is 9.79 Å². The maximum absolute atomic E-state index is 13.1. The summed E-state index contributed by atoms with van der Waals surface area (Å²) in [7, 11) is -2.24. The lowest BCUT2D eigenvalue weighted by Gasteiger charge is -2.34. The Bertz CT molecular complexity index is 1230. The zero-order chi connectivity index (χ0) is 27.5. The second-order valence-corrected chi connectivity index (χ2v) is 12.3. The highest BCUT2D eigenvalue weighted by Crippen LogP contribution is 2.35. The molecule has 1 saturated carbocycles. The van der Waals surface area contributed by atoms with Crippen LogP contribution in [0.2, 0.25) is 0 Å². The van der Waals surface area contributed by atoms with Gasteiger partial charge in [0, 0.05) is 25.0 Å². The summed E-state index contributed by atoms with van der Waals surface area (Å²) >= 11 is 0. The fourth-order valence-corrected chi connectivity index (χ4v) is 6.99. The van der Waals surface area contributed by atoms with Crippen molar-refractivity contribution in [1.82, 2.24) is 14.9 Å². The van der Waals surface area contributed by atoms with E-state index in [0.29, 0.717) is 43.5 Å². The van der Waals surface area contributed by atoms with Gasteiger partial charge in [-0.2, -0.15) is 8.78 Å². The lowest BCUT2D eigenvalue weighted by Crippen LogP contribution is -2.51. The van der Waals surface area contributed by atoms with Crippen LogP contribution >= 0.6 is 0 Å². The number of carbonyl (C=O) groups is 2. The van der Waals surface area contributed by atoms with Gasteiger partial charge in [-0.25, -0.2) is 17.5 Å². The van der Waals surface area contributed by atoms with E-state index in [1.54, 1.807) is 18.2 Å². The summed E-state index contributed by atoms with van der Waals surface area (Å²) in [6, 6.07) is 5.05. The van der Waals surface area contributed by atoms with Crippen LogP contribution in [0.1, 0.15) is 60.0 Å². The second-order valence-electron chi connectivity index (χ2n) is 10.2. The van der Waals surface area contributed by atoms with Crippen molar-refractivity contribution in [1.29, 1.82) is 0 Å². The van der Waals surface area contributed by atoms with E-state index in [4.69, 9.17) is 9.73 Å². The molecule has 1 aromatic rings. The first-order valence-electron chi connectivity index (χ1n) is 12.9. The van der Waals surface area contributed by atoms with Crippen molar-refractivity contribution in [2.45, 2.75) is 63.5 Å². The van der Waals surface area contributed by atoms with Crippen LogP contribution in [0.4, 0.5) is 8.78 Å². The van der Waals surface area contributed by atoms with Gasteiger partial charge in [0.05, 0.1) is 24.6 Å². The highest BCUT2D eigenvalue weighted by atomic mass is 32.2. The van der Waals surface area contributed by atoms with E-state index < -0.39 is 27.6 Å². The van der Waals surface area contributed by atoms with Crippen molar-refractivity contribution in [3.05, 3.63) is 47.2 Å². The lowest BCUT2D eigenvalue weighted by atomic mass is 9.85. The molecule has 3 aliphatic rings. The summed E-state index contributed by atoms with van der Waals surface area (Å²) < 4.78 is 57.0. The maximum Gasteiger partial charge on any atom is 0.337 e. The molecule has 38 heavy (non-hydrogen) atoms. The Morgan fingerprint density at radius 3 is 2.53 bits per heavy atom. The number of aliphatic imine (C=N–C) groups is 1. The molecule has 4 rings (SSSR count). The Morgan fingerprint density at radius 1 is 1.24 bits per heavy atom. The smallest absolute Gasteiger partial charge is 0.337 e. The number of hydrogen-bond donors (Lipinski definition) is 2. The van der Waals surface area contributed by atoms with Crippen molar-refractivity contribution in [3.63, 3.8) is 0 Å². The molecule has 0 aromatic heterocycles. The molecule has 0 unspecified atom stereocenters. The predicted octanol–water partition coefficient (Wildman–Crippen LogP) is 2.90. The van der Waals surface area contributed by atoms with Gasteiger partial charge in [0.2, 0.25) is 10.0 Å². The Hall–Kier alpha value is -2.86. The van der Waals surface area contributed by atoms with Crippen LogP contribution in [0.25, 0.3) is 0 Å². The molecule has 0 atom stereocenters. The number of ether oxygens (including phenoxy) is 1. The number of piperidine rings is 1. The number of nitrogens with one attached hydrogen (secondary N) is 2. The zero-order valence-electron chi connectivity index (χ0n) is 21.6. The molecule has 208 valence electrons. The van der Waals surface area contributed by atoms with Crippen LogP contribution in [0.5, 0.6) is 0 Å². The molecular weight excluding hydrogens is 518 g/mol. The van der Waals surface area contributed by atoms with E-state index in [1.165, 1.54) is 11.4 Å². The molecule has 1 amide bonds. The van der Waals surface area contributed by atoms with Gasteiger partial charge in [-0.1, -0.05) is 6.07 Å². The molecule has 2 aliphatic heterocycles. The van der Waals surface area contributed by atoms with Crippen molar-refractivity contribution in [2.24, 2.45) is 10.9 Å². The number of amides is 1. The summed E-state index contributed by atoms with van der Waals surface area (Å²) in [5.41, 5.74) is 1.13. The first-order chi connectivity index (χ1) is 18.0. The Balaban J connectivity index is 1.32. The quantitative estimate of drug-likeness (QED) is 0.479. The molecule has 0 radical (unpaired) electrons. The molecule has 2 heterocycles. The Morgan fingerprint density at radius 2 is 1.92 bits per heavy atom. The number of aryl methyl sites for hydroxylation is 2. The standard InChI is InChI=1S/C26H34F2N4O5S/c1-17-15-20(24(33)37-2)4-3-18(17)9-14-38(35,36)32-12-10-26(11-13-32)25(34)30-23(31-26)19-5-7-21(8-6-19)29-16-22(27)28/h3-4,15-16,19,21,29H,5-14H2,1-2H3,(H,30,31,34). The average molecular weight is 553 g/mol.